The van der Waals surface area contributed by atoms with Gasteiger partial charge in [0, 0.05) is 0 Å². The molecular weight excluding hydrogens is 188 g/mol. The maximum atomic E-state index is 4.94. The molecule has 2 nitrogen and oxygen atoms in total. The lowest BCUT2D eigenvalue weighted by molar-refractivity contribution is -0.0334. The Hall–Kier alpha value is -0.0800. The fraction of sp³-hybridized carbons (Fsp3) is 1.00. The van der Waals surface area contributed by atoms with Gasteiger partial charge < -0.3 is 9.47 Å². The van der Waals surface area contributed by atoms with Crippen molar-refractivity contribution in [1.29, 1.82) is 0 Å². The third-order valence-electron chi connectivity index (χ3n) is 4.07. The summed E-state index contributed by atoms with van der Waals surface area (Å²) in [5, 5.41) is 0. The predicted molar refractivity (Wildman–Crippen MR) is 61.0 cm³/mol. The van der Waals surface area contributed by atoms with Crippen LogP contribution < -0.4 is 0 Å². The van der Waals surface area contributed by atoms with Crippen LogP contribution in [0.15, 0.2) is 0 Å². The van der Waals surface area contributed by atoms with E-state index < -0.39 is 0 Å². The molecule has 0 N–H and O–H groups in total. The van der Waals surface area contributed by atoms with Gasteiger partial charge in [0.25, 0.3) is 0 Å². The molecular formula is C13H24O2. The van der Waals surface area contributed by atoms with Crippen molar-refractivity contribution in [3.8, 4) is 0 Å². The average molecular weight is 212 g/mol. The largest absolute Gasteiger partial charge is 0.377 e. The van der Waals surface area contributed by atoms with Gasteiger partial charge in [0.1, 0.15) is 0 Å². The van der Waals surface area contributed by atoms with E-state index >= 15 is 0 Å². The molecule has 1 spiro atoms. The lowest BCUT2D eigenvalue weighted by Crippen LogP contribution is -2.16. The second-order valence-electron chi connectivity index (χ2n) is 5.14. The van der Waals surface area contributed by atoms with E-state index in [1.165, 1.54) is 25.7 Å². The minimum atomic E-state index is 0.778. The molecule has 2 heteroatoms. The van der Waals surface area contributed by atoms with E-state index in [0.29, 0.717) is 0 Å². The van der Waals surface area contributed by atoms with Gasteiger partial charge in [-0.1, -0.05) is 25.7 Å². The summed E-state index contributed by atoms with van der Waals surface area (Å²) in [5.41, 5.74) is 0.889. The molecule has 0 aromatic heterocycles. The SMILES string of the molecule is C1CCC2(C1)CCCC2.C1COCCO1. The molecule has 1 saturated heterocycles. The van der Waals surface area contributed by atoms with E-state index in [2.05, 4.69) is 0 Å². The number of hydrogen-bond donors (Lipinski definition) is 0. The van der Waals surface area contributed by atoms with Gasteiger partial charge in [-0.3, -0.25) is 0 Å². The van der Waals surface area contributed by atoms with E-state index in [0.717, 1.165) is 31.8 Å². The summed E-state index contributed by atoms with van der Waals surface area (Å²) >= 11 is 0. The fourth-order valence-electron chi connectivity index (χ4n) is 3.19. The Morgan fingerprint density at radius 2 is 0.867 bits per heavy atom. The lowest BCUT2D eigenvalue weighted by Gasteiger charge is -2.20. The van der Waals surface area contributed by atoms with Crippen molar-refractivity contribution < 1.29 is 9.47 Å². The van der Waals surface area contributed by atoms with Crippen LogP contribution in [-0.4, -0.2) is 26.4 Å². The minimum Gasteiger partial charge on any atom is -0.377 e. The molecule has 3 rings (SSSR count). The maximum absolute atomic E-state index is 4.94. The quantitative estimate of drug-likeness (QED) is 0.614. The Morgan fingerprint density at radius 3 is 1.13 bits per heavy atom. The zero-order valence-corrected chi connectivity index (χ0v) is 9.80. The normalized spacial score (nSPS) is 28.8. The van der Waals surface area contributed by atoms with Gasteiger partial charge in [-0.25, -0.2) is 0 Å². The highest BCUT2D eigenvalue weighted by Gasteiger charge is 2.35. The Morgan fingerprint density at radius 1 is 0.533 bits per heavy atom. The summed E-state index contributed by atoms with van der Waals surface area (Å²) in [6, 6.07) is 0. The maximum Gasteiger partial charge on any atom is 0.0701 e. The molecule has 1 aliphatic heterocycles. The summed E-state index contributed by atoms with van der Waals surface area (Å²) in [6.07, 6.45) is 12.4. The summed E-state index contributed by atoms with van der Waals surface area (Å²) in [7, 11) is 0. The van der Waals surface area contributed by atoms with E-state index in [1.807, 2.05) is 0 Å². The van der Waals surface area contributed by atoms with E-state index in [9.17, 15) is 0 Å². The molecule has 3 fully saturated rings. The number of hydrogen-bond acceptors (Lipinski definition) is 2. The van der Waals surface area contributed by atoms with Crippen LogP contribution in [0.4, 0.5) is 0 Å². The minimum absolute atomic E-state index is 0.778. The van der Waals surface area contributed by atoms with Crippen molar-refractivity contribution in [3.05, 3.63) is 0 Å². The van der Waals surface area contributed by atoms with Gasteiger partial charge in [-0.05, 0) is 31.1 Å². The molecule has 1 heterocycles. The molecule has 0 bridgehead atoms. The summed E-state index contributed by atoms with van der Waals surface area (Å²) < 4.78 is 9.89. The molecule has 2 aliphatic carbocycles. The number of ether oxygens (including phenoxy) is 2. The highest BCUT2D eigenvalue weighted by molar-refractivity contribution is 4.88. The molecule has 0 atom stereocenters. The number of rotatable bonds is 0. The molecule has 0 aromatic carbocycles. The van der Waals surface area contributed by atoms with Crippen molar-refractivity contribution in [2.45, 2.75) is 51.4 Å². The Kier molecular flexibility index (Phi) is 4.45. The van der Waals surface area contributed by atoms with E-state index in [4.69, 9.17) is 9.47 Å². The van der Waals surface area contributed by atoms with Gasteiger partial charge in [-0.15, -0.1) is 0 Å². The highest BCUT2D eigenvalue weighted by atomic mass is 16.6. The standard InChI is InChI=1S/C9H16.C4H8O2/c1-2-6-9(5-1)7-3-4-8-9;1-2-6-4-3-5-1/h1-8H2;1-4H2. The van der Waals surface area contributed by atoms with Crippen LogP contribution in [0.1, 0.15) is 51.4 Å². The first-order valence-corrected chi connectivity index (χ1v) is 6.57. The first-order chi connectivity index (χ1) is 7.41. The molecule has 0 unspecified atom stereocenters. The highest BCUT2D eigenvalue weighted by Crippen LogP contribution is 2.50. The summed E-state index contributed by atoms with van der Waals surface area (Å²) in [6.45, 7) is 3.11. The van der Waals surface area contributed by atoms with Crippen LogP contribution in [0.25, 0.3) is 0 Å². The van der Waals surface area contributed by atoms with Crippen molar-refractivity contribution in [2.24, 2.45) is 5.41 Å². The lowest BCUT2D eigenvalue weighted by atomic mass is 9.85. The average Bonchev–Trinajstić information content (AvgIpc) is 2.96. The van der Waals surface area contributed by atoms with Gasteiger partial charge in [-0.2, -0.15) is 0 Å². The van der Waals surface area contributed by atoms with Crippen LogP contribution in [0.5, 0.6) is 0 Å². The third-order valence-corrected chi connectivity index (χ3v) is 4.07. The van der Waals surface area contributed by atoms with Crippen LogP contribution in [0.3, 0.4) is 0 Å². The van der Waals surface area contributed by atoms with Gasteiger partial charge in [0.15, 0.2) is 0 Å². The molecule has 3 aliphatic rings. The second-order valence-corrected chi connectivity index (χ2v) is 5.14. The predicted octanol–water partition coefficient (Wildman–Crippen LogP) is 3.15. The van der Waals surface area contributed by atoms with Crippen molar-refractivity contribution in [2.75, 3.05) is 26.4 Å². The Labute approximate surface area is 93.3 Å². The molecule has 15 heavy (non-hydrogen) atoms. The third kappa shape index (κ3) is 3.46. The second kappa shape index (κ2) is 5.86. The topological polar surface area (TPSA) is 18.5 Å². The zero-order valence-electron chi connectivity index (χ0n) is 9.80. The summed E-state index contributed by atoms with van der Waals surface area (Å²) in [4.78, 5) is 0. The first kappa shape index (κ1) is 11.4. The molecule has 0 amide bonds. The van der Waals surface area contributed by atoms with E-state index in [-0.39, 0.29) is 0 Å². The molecule has 0 radical (unpaired) electrons. The Balaban J connectivity index is 0.000000124. The summed E-state index contributed by atoms with van der Waals surface area (Å²) in [5.74, 6) is 0. The van der Waals surface area contributed by atoms with Crippen LogP contribution in [-0.2, 0) is 9.47 Å². The Bertz CT molecular complexity index is 134. The molecule has 88 valence electrons. The van der Waals surface area contributed by atoms with Gasteiger partial charge in [0.2, 0.25) is 0 Å². The monoisotopic (exact) mass is 212 g/mol. The van der Waals surface area contributed by atoms with Crippen LogP contribution in [0, 0.1) is 5.41 Å². The van der Waals surface area contributed by atoms with Gasteiger partial charge in [0.05, 0.1) is 26.4 Å². The molecule has 0 aromatic rings. The zero-order chi connectivity index (χ0) is 10.4. The van der Waals surface area contributed by atoms with Crippen molar-refractivity contribution >= 4 is 0 Å². The van der Waals surface area contributed by atoms with Crippen LogP contribution >= 0.6 is 0 Å². The molecule has 2 saturated carbocycles. The van der Waals surface area contributed by atoms with Crippen molar-refractivity contribution in [1.82, 2.24) is 0 Å². The van der Waals surface area contributed by atoms with Crippen molar-refractivity contribution in [3.63, 3.8) is 0 Å². The van der Waals surface area contributed by atoms with Crippen LogP contribution in [0.2, 0.25) is 0 Å². The first-order valence-electron chi connectivity index (χ1n) is 6.57. The van der Waals surface area contributed by atoms with E-state index in [1.54, 1.807) is 25.7 Å². The van der Waals surface area contributed by atoms with Gasteiger partial charge >= 0.3 is 0 Å². The fourth-order valence-corrected chi connectivity index (χ4v) is 3.19. The smallest absolute Gasteiger partial charge is 0.0701 e.